The number of nitrogens with zero attached hydrogens (tertiary/aromatic N) is 2. The molecular formula is C19H31BrN4O2. The lowest BCUT2D eigenvalue weighted by molar-refractivity contribution is 0.160. The number of halogens is 1. The van der Waals surface area contributed by atoms with Gasteiger partial charge in [0, 0.05) is 67.3 Å². The van der Waals surface area contributed by atoms with E-state index < -0.39 is 0 Å². The molecule has 0 aromatic carbocycles. The summed E-state index contributed by atoms with van der Waals surface area (Å²) in [4.78, 5) is 6.72. The first-order valence-corrected chi connectivity index (χ1v) is 10.2. The Bertz CT molecular complexity index is 566. The quantitative estimate of drug-likeness (QED) is 0.542. The van der Waals surface area contributed by atoms with Gasteiger partial charge in [0.05, 0.1) is 0 Å². The van der Waals surface area contributed by atoms with Crippen LogP contribution in [-0.2, 0) is 0 Å². The Morgan fingerprint density at radius 2 is 2.04 bits per heavy atom. The minimum absolute atomic E-state index is 0.192. The van der Waals surface area contributed by atoms with Crippen LogP contribution in [-0.4, -0.2) is 60.3 Å². The molecular weight excluding hydrogens is 396 g/mol. The Morgan fingerprint density at radius 1 is 1.31 bits per heavy atom. The number of aromatic nitrogens is 1. The van der Waals surface area contributed by atoms with Gasteiger partial charge in [0.25, 0.3) is 0 Å². The van der Waals surface area contributed by atoms with Crippen LogP contribution < -0.4 is 10.2 Å². The normalized spacial score (nSPS) is 23.9. The molecule has 1 aliphatic carbocycles. The van der Waals surface area contributed by atoms with Crippen LogP contribution in [0.4, 0.5) is 5.82 Å². The third-order valence-corrected chi connectivity index (χ3v) is 5.77. The van der Waals surface area contributed by atoms with Crippen molar-refractivity contribution in [2.75, 3.05) is 31.7 Å². The lowest BCUT2D eigenvalue weighted by atomic mass is 9.89. The molecule has 1 aromatic heterocycles. The van der Waals surface area contributed by atoms with E-state index in [2.05, 4.69) is 31.1 Å². The molecule has 2 fully saturated rings. The summed E-state index contributed by atoms with van der Waals surface area (Å²) in [5.74, 6) is 1.06. The molecule has 2 atom stereocenters. The molecule has 0 spiro atoms. The van der Waals surface area contributed by atoms with Crippen molar-refractivity contribution in [1.29, 1.82) is 5.41 Å². The standard InChI is InChI=1S/C18H27BrN4O.CH4O/c19-15-8-13(9-20)18(21-10-15)23-7-6-17(14(11-23)12-24)22-16-4-2-1-3-5-16;1-2/h8-10,14,16-17,20,22,24H,1-7,11-12H2;2H,1H3. The number of rotatable bonds is 5. The molecule has 1 aromatic rings. The second-order valence-corrected chi connectivity index (χ2v) is 7.91. The SMILES string of the molecule is CO.N=Cc1cc(Br)cnc1N1CCC(NC2CCCCC2)C(CO)C1. The molecule has 6 nitrogen and oxygen atoms in total. The highest BCUT2D eigenvalue weighted by atomic mass is 79.9. The van der Waals surface area contributed by atoms with E-state index in [0.29, 0.717) is 12.1 Å². The molecule has 2 unspecified atom stereocenters. The molecule has 3 rings (SSSR count). The summed E-state index contributed by atoms with van der Waals surface area (Å²) in [6, 6.07) is 2.93. The van der Waals surface area contributed by atoms with Gasteiger partial charge in [-0.3, -0.25) is 0 Å². The monoisotopic (exact) mass is 426 g/mol. The van der Waals surface area contributed by atoms with Crippen molar-refractivity contribution in [3.8, 4) is 0 Å². The lowest BCUT2D eigenvalue weighted by Crippen LogP contribution is -2.53. The molecule has 0 amide bonds. The zero-order chi connectivity index (χ0) is 18.9. The van der Waals surface area contributed by atoms with E-state index in [0.717, 1.165) is 42.5 Å². The van der Waals surface area contributed by atoms with E-state index in [1.807, 2.05) is 6.07 Å². The maximum atomic E-state index is 9.89. The van der Waals surface area contributed by atoms with Gasteiger partial charge in [-0.05, 0) is 41.3 Å². The number of anilines is 1. The minimum Gasteiger partial charge on any atom is -0.400 e. The van der Waals surface area contributed by atoms with Crippen molar-refractivity contribution in [1.82, 2.24) is 10.3 Å². The van der Waals surface area contributed by atoms with Crippen molar-refractivity contribution in [2.24, 2.45) is 5.92 Å². The van der Waals surface area contributed by atoms with Gasteiger partial charge in [0.1, 0.15) is 5.82 Å². The Kier molecular flexibility index (Phi) is 8.98. The second-order valence-electron chi connectivity index (χ2n) is 7.00. The number of aliphatic hydroxyl groups excluding tert-OH is 2. The first-order chi connectivity index (χ1) is 12.7. The Balaban J connectivity index is 0.00000117. The highest BCUT2D eigenvalue weighted by Gasteiger charge is 2.31. The molecule has 2 heterocycles. The summed E-state index contributed by atoms with van der Waals surface area (Å²) in [5.41, 5.74) is 0.819. The average molecular weight is 427 g/mol. The molecule has 26 heavy (non-hydrogen) atoms. The van der Waals surface area contributed by atoms with Crippen LogP contribution in [0.1, 0.15) is 44.1 Å². The summed E-state index contributed by atoms with van der Waals surface area (Å²) in [5, 5.41) is 28.3. The van der Waals surface area contributed by atoms with Crippen LogP contribution >= 0.6 is 15.9 Å². The van der Waals surface area contributed by atoms with E-state index in [1.165, 1.54) is 38.3 Å². The zero-order valence-corrected chi connectivity index (χ0v) is 17.1. The Morgan fingerprint density at radius 3 is 2.69 bits per heavy atom. The van der Waals surface area contributed by atoms with Gasteiger partial charge >= 0.3 is 0 Å². The molecule has 1 saturated carbocycles. The van der Waals surface area contributed by atoms with Gasteiger partial charge in [0.15, 0.2) is 0 Å². The van der Waals surface area contributed by atoms with Gasteiger partial charge in [-0.15, -0.1) is 0 Å². The first kappa shape index (κ1) is 21.3. The van der Waals surface area contributed by atoms with Crippen LogP contribution in [0.15, 0.2) is 16.7 Å². The Labute approximate surface area is 164 Å². The fraction of sp³-hybridized carbons (Fsp3) is 0.684. The van der Waals surface area contributed by atoms with Crippen LogP contribution in [0.3, 0.4) is 0 Å². The van der Waals surface area contributed by atoms with Crippen molar-refractivity contribution in [3.63, 3.8) is 0 Å². The van der Waals surface area contributed by atoms with E-state index >= 15 is 0 Å². The second kappa shape index (κ2) is 11.0. The average Bonchev–Trinajstić information content (AvgIpc) is 2.70. The molecule has 1 saturated heterocycles. The summed E-state index contributed by atoms with van der Waals surface area (Å²) < 4.78 is 0.886. The third-order valence-electron chi connectivity index (χ3n) is 5.34. The van der Waals surface area contributed by atoms with Gasteiger partial charge in [-0.25, -0.2) is 4.98 Å². The van der Waals surface area contributed by atoms with Gasteiger partial charge in [-0.2, -0.15) is 0 Å². The predicted molar refractivity (Wildman–Crippen MR) is 109 cm³/mol. The molecule has 7 heteroatoms. The van der Waals surface area contributed by atoms with Crippen molar-refractivity contribution in [3.05, 3.63) is 22.3 Å². The largest absolute Gasteiger partial charge is 0.400 e. The highest BCUT2D eigenvalue weighted by Crippen LogP contribution is 2.27. The number of aliphatic hydroxyl groups is 2. The van der Waals surface area contributed by atoms with Crippen molar-refractivity contribution in [2.45, 2.75) is 50.6 Å². The summed E-state index contributed by atoms with van der Waals surface area (Å²) in [6.07, 6.45) is 10.7. The maximum absolute atomic E-state index is 9.89. The summed E-state index contributed by atoms with van der Waals surface area (Å²) in [6.45, 7) is 1.89. The molecule has 0 bridgehead atoms. The predicted octanol–water partition coefficient (Wildman–Crippen LogP) is 2.56. The topological polar surface area (TPSA) is 92.5 Å². The van der Waals surface area contributed by atoms with Gasteiger partial charge < -0.3 is 25.8 Å². The number of hydrogen-bond acceptors (Lipinski definition) is 6. The number of pyridine rings is 1. The molecule has 2 aliphatic rings. The van der Waals surface area contributed by atoms with Crippen LogP contribution in [0.5, 0.6) is 0 Å². The molecule has 0 radical (unpaired) electrons. The van der Waals surface area contributed by atoms with Crippen molar-refractivity contribution < 1.29 is 10.2 Å². The highest BCUT2D eigenvalue weighted by molar-refractivity contribution is 9.10. The maximum Gasteiger partial charge on any atom is 0.137 e. The van der Waals surface area contributed by atoms with E-state index in [9.17, 15) is 5.11 Å². The van der Waals surface area contributed by atoms with Crippen LogP contribution in [0.25, 0.3) is 0 Å². The lowest BCUT2D eigenvalue weighted by Gasteiger charge is -2.41. The van der Waals surface area contributed by atoms with E-state index in [-0.39, 0.29) is 12.5 Å². The number of piperidine rings is 1. The number of nitrogens with one attached hydrogen (secondary N) is 2. The fourth-order valence-corrected chi connectivity index (χ4v) is 4.37. The smallest absolute Gasteiger partial charge is 0.137 e. The van der Waals surface area contributed by atoms with Gasteiger partial charge in [-0.1, -0.05) is 19.3 Å². The van der Waals surface area contributed by atoms with Crippen LogP contribution in [0, 0.1) is 11.3 Å². The van der Waals surface area contributed by atoms with Crippen LogP contribution in [0.2, 0.25) is 0 Å². The first-order valence-electron chi connectivity index (χ1n) is 9.44. The zero-order valence-electron chi connectivity index (χ0n) is 15.5. The van der Waals surface area contributed by atoms with Crippen molar-refractivity contribution >= 4 is 28.0 Å². The minimum atomic E-state index is 0.192. The summed E-state index contributed by atoms with van der Waals surface area (Å²) >= 11 is 3.42. The molecule has 1 aliphatic heterocycles. The molecule has 4 N–H and O–H groups in total. The van der Waals surface area contributed by atoms with E-state index in [4.69, 9.17) is 10.5 Å². The molecule has 146 valence electrons. The number of hydrogen-bond donors (Lipinski definition) is 4. The van der Waals surface area contributed by atoms with Gasteiger partial charge in [0.2, 0.25) is 0 Å². The summed E-state index contributed by atoms with van der Waals surface area (Å²) in [7, 11) is 1.00. The fourth-order valence-electron chi connectivity index (χ4n) is 4.02. The Hall–Kier alpha value is -1.02. The third kappa shape index (κ3) is 5.49. The van der Waals surface area contributed by atoms with E-state index in [1.54, 1.807) is 6.20 Å².